The first-order valence-electron chi connectivity index (χ1n) is 6.28. The van der Waals surface area contributed by atoms with Crippen molar-refractivity contribution in [2.24, 2.45) is 0 Å². The Morgan fingerprint density at radius 2 is 2.20 bits per heavy atom. The number of aromatic nitrogens is 3. The van der Waals surface area contributed by atoms with Crippen molar-refractivity contribution in [2.45, 2.75) is 12.8 Å². The molecule has 0 saturated carbocycles. The summed E-state index contributed by atoms with van der Waals surface area (Å²) in [5, 5.41) is 6.60. The molecular weight excluding hydrogens is 260 g/mol. The van der Waals surface area contributed by atoms with E-state index in [0.29, 0.717) is 37.7 Å². The molecule has 7 heteroatoms. The third-order valence-corrected chi connectivity index (χ3v) is 2.60. The van der Waals surface area contributed by atoms with Crippen LogP contribution in [0.1, 0.15) is 12.3 Å². The Bertz CT molecular complexity index is 542. The molecule has 106 valence electrons. The van der Waals surface area contributed by atoms with Crippen molar-refractivity contribution in [3.8, 4) is 11.4 Å². The topological polar surface area (TPSA) is 90.1 Å². The van der Waals surface area contributed by atoms with E-state index in [0.717, 1.165) is 5.56 Å². The van der Waals surface area contributed by atoms with Crippen molar-refractivity contribution in [3.63, 3.8) is 0 Å². The Kier molecular flexibility index (Phi) is 5.19. The van der Waals surface area contributed by atoms with E-state index in [-0.39, 0.29) is 5.91 Å². The predicted molar refractivity (Wildman–Crippen MR) is 70.7 cm³/mol. The molecule has 0 radical (unpaired) electrons. The Morgan fingerprint density at radius 1 is 1.40 bits per heavy atom. The molecule has 1 amide bonds. The van der Waals surface area contributed by atoms with Crippen LogP contribution < -0.4 is 5.32 Å². The first-order valence-corrected chi connectivity index (χ1v) is 6.28. The monoisotopic (exact) mass is 276 g/mol. The van der Waals surface area contributed by atoms with Gasteiger partial charge in [0.15, 0.2) is 0 Å². The third-order valence-electron chi connectivity index (χ3n) is 2.60. The summed E-state index contributed by atoms with van der Waals surface area (Å²) in [4.78, 5) is 19.7. The molecule has 2 aromatic heterocycles. The smallest absolute Gasteiger partial charge is 0.227 e. The van der Waals surface area contributed by atoms with Crippen LogP contribution in [0.3, 0.4) is 0 Å². The first-order chi connectivity index (χ1) is 9.79. The lowest BCUT2D eigenvalue weighted by molar-refractivity contribution is -0.121. The van der Waals surface area contributed by atoms with E-state index >= 15 is 0 Å². The molecule has 20 heavy (non-hydrogen) atoms. The maximum absolute atomic E-state index is 11.5. The van der Waals surface area contributed by atoms with E-state index in [9.17, 15) is 4.79 Å². The number of ether oxygens (including phenoxy) is 1. The number of nitrogens with one attached hydrogen (secondary N) is 1. The average molecular weight is 276 g/mol. The molecule has 0 aliphatic carbocycles. The molecule has 0 spiro atoms. The lowest BCUT2D eigenvalue weighted by Gasteiger charge is -2.02. The Labute approximate surface area is 116 Å². The fourth-order valence-electron chi connectivity index (χ4n) is 1.58. The highest BCUT2D eigenvalue weighted by atomic mass is 16.5. The SMILES string of the molecule is COCCNC(=O)CCc1nc(-c2ccncc2)no1. The molecule has 2 rings (SSSR count). The average Bonchev–Trinajstić information content (AvgIpc) is 2.95. The number of hydrogen-bond acceptors (Lipinski definition) is 6. The van der Waals surface area contributed by atoms with Crippen molar-refractivity contribution >= 4 is 5.91 Å². The van der Waals surface area contributed by atoms with Crippen molar-refractivity contribution in [1.29, 1.82) is 0 Å². The number of methoxy groups -OCH3 is 1. The van der Waals surface area contributed by atoms with Gasteiger partial charge in [0.2, 0.25) is 17.6 Å². The van der Waals surface area contributed by atoms with Gasteiger partial charge >= 0.3 is 0 Å². The van der Waals surface area contributed by atoms with Gasteiger partial charge in [0.25, 0.3) is 0 Å². The lowest BCUT2D eigenvalue weighted by Crippen LogP contribution is -2.27. The number of amides is 1. The zero-order valence-electron chi connectivity index (χ0n) is 11.2. The molecule has 0 atom stereocenters. The molecule has 0 unspecified atom stereocenters. The number of aryl methyl sites for hydroxylation is 1. The molecule has 0 saturated heterocycles. The van der Waals surface area contributed by atoms with Gasteiger partial charge in [0.1, 0.15) is 0 Å². The van der Waals surface area contributed by atoms with Crippen molar-refractivity contribution in [1.82, 2.24) is 20.4 Å². The van der Waals surface area contributed by atoms with Crippen LogP contribution in [-0.4, -0.2) is 41.3 Å². The molecule has 2 heterocycles. The van der Waals surface area contributed by atoms with Gasteiger partial charge < -0.3 is 14.6 Å². The predicted octanol–water partition coefficient (Wildman–Crippen LogP) is 0.827. The standard InChI is InChI=1S/C13H16N4O3/c1-19-9-8-15-11(18)2-3-12-16-13(17-20-12)10-4-6-14-7-5-10/h4-7H,2-3,8-9H2,1H3,(H,15,18). The number of pyridine rings is 1. The van der Waals surface area contributed by atoms with Gasteiger partial charge in [0.05, 0.1) is 6.61 Å². The second kappa shape index (κ2) is 7.34. The van der Waals surface area contributed by atoms with Crippen LogP contribution in [0.5, 0.6) is 0 Å². The number of nitrogens with zero attached hydrogens (tertiary/aromatic N) is 3. The van der Waals surface area contributed by atoms with Crippen LogP contribution in [0.15, 0.2) is 29.0 Å². The summed E-state index contributed by atoms with van der Waals surface area (Å²) in [6.45, 7) is 1.000. The van der Waals surface area contributed by atoms with Gasteiger partial charge in [-0.3, -0.25) is 9.78 Å². The van der Waals surface area contributed by atoms with Gasteiger partial charge in [-0.1, -0.05) is 5.16 Å². The maximum atomic E-state index is 11.5. The number of rotatable bonds is 7. The molecule has 2 aromatic rings. The third kappa shape index (κ3) is 4.13. The van der Waals surface area contributed by atoms with Gasteiger partial charge in [-0.15, -0.1) is 0 Å². The van der Waals surface area contributed by atoms with Crippen LogP contribution in [0.2, 0.25) is 0 Å². The van der Waals surface area contributed by atoms with Crippen molar-refractivity contribution < 1.29 is 14.1 Å². The summed E-state index contributed by atoms with van der Waals surface area (Å²) in [7, 11) is 1.59. The van der Waals surface area contributed by atoms with Crippen LogP contribution in [0, 0.1) is 0 Å². The quantitative estimate of drug-likeness (QED) is 0.753. The minimum absolute atomic E-state index is 0.0642. The summed E-state index contributed by atoms with van der Waals surface area (Å²) in [5.74, 6) is 0.881. The normalized spacial score (nSPS) is 10.4. The van der Waals surface area contributed by atoms with Gasteiger partial charge in [0, 0.05) is 44.5 Å². The maximum Gasteiger partial charge on any atom is 0.227 e. The largest absolute Gasteiger partial charge is 0.383 e. The zero-order chi connectivity index (χ0) is 14.2. The fraction of sp³-hybridized carbons (Fsp3) is 0.385. The molecule has 0 bridgehead atoms. The summed E-state index contributed by atoms with van der Waals surface area (Å²) >= 11 is 0. The molecule has 0 aromatic carbocycles. The van der Waals surface area contributed by atoms with Gasteiger partial charge in [-0.2, -0.15) is 4.98 Å². The summed E-state index contributed by atoms with van der Waals surface area (Å²) in [6, 6.07) is 3.60. The molecule has 0 aliphatic heterocycles. The van der Waals surface area contributed by atoms with Gasteiger partial charge in [-0.05, 0) is 12.1 Å². The van der Waals surface area contributed by atoms with Crippen LogP contribution in [0.4, 0.5) is 0 Å². The highest BCUT2D eigenvalue weighted by Crippen LogP contribution is 2.14. The van der Waals surface area contributed by atoms with E-state index in [1.54, 1.807) is 31.6 Å². The highest BCUT2D eigenvalue weighted by Gasteiger charge is 2.10. The van der Waals surface area contributed by atoms with Crippen molar-refractivity contribution in [2.75, 3.05) is 20.3 Å². The van der Waals surface area contributed by atoms with E-state index in [1.165, 1.54) is 0 Å². The van der Waals surface area contributed by atoms with Crippen molar-refractivity contribution in [3.05, 3.63) is 30.4 Å². The number of hydrogen-bond donors (Lipinski definition) is 1. The molecule has 0 aliphatic rings. The minimum atomic E-state index is -0.0642. The Morgan fingerprint density at radius 3 is 2.95 bits per heavy atom. The zero-order valence-corrected chi connectivity index (χ0v) is 11.2. The summed E-state index contributed by atoms with van der Waals surface area (Å²) < 4.78 is 9.96. The molecular formula is C13H16N4O3. The first kappa shape index (κ1) is 14.1. The number of carbonyl (C=O) groups excluding carboxylic acids is 1. The van der Waals surface area contributed by atoms with E-state index in [4.69, 9.17) is 9.26 Å². The summed E-state index contributed by atoms with van der Waals surface area (Å²) in [6.07, 6.45) is 4.04. The fourth-order valence-corrected chi connectivity index (χ4v) is 1.58. The number of carbonyl (C=O) groups is 1. The van der Waals surface area contributed by atoms with E-state index in [1.807, 2.05) is 0 Å². The van der Waals surface area contributed by atoms with Crippen LogP contribution in [-0.2, 0) is 16.0 Å². The second-order valence-electron chi connectivity index (χ2n) is 4.09. The molecule has 1 N–H and O–H groups in total. The Hall–Kier alpha value is -2.28. The van der Waals surface area contributed by atoms with E-state index in [2.05, 4.69) is 20.4 Å². The second-order valence-corrected chi connectivity index (χ2v) is 4.09. The summed E-state index contributed by atoms with van der Waals surface area (Å²) in [5.41, 5.74) is 0.833. The molecule has 0 fully saturated rings. The van der Waals surface area contributed by atoms with Crippen LogP contribution in [0.25, 0.3) is 11.4 Å². The van der Waals surface area contributed by atoms with Gasteiger partial charge in [-0.25, -0.2) is 0 Å². The highest BCUT2D eigenvalue weighted by molar-refractivity contribution is 5.75. The minimum Gasteiger partial charge on any atom is -0.383 e. The van der Waals surface area contributed by atoms with Crippen LogP contribution >= 0.6 is 0 Å². The Balaban J connectivity index is 1.83. The lowest BCUT2D eigenvalue weighted by atomic mass is 10.2. The van der Waals surface area contributed by atoms with E-state index < -0.39 is 0 Å². The molecule has 7 nitrogen and oxygen atoms in total.